The summed E-state index contributed by atoms with van der Waals surface area (Å²) in [5.74, 6) is -1.21. The summed E-state index contributed by atoms with van der Waals surface area (Å²) in [6, 6.07) is 13.8. The molecular weight excluding hydrogens is 331 g/mol. The van der Waals surface area contributed by atoms with Gasteiger partial charge in [0.15, 0.2) is 6.61 Å². The Labute approximate surface area is 142 Å². The van der Waals surface area contributed by atoms with E-state index in [4.69, 9.17) is 10.00 Å². The second-order valence-electron chi connectivity index (χ2n) is 4.57. The third kappa shape index (κ3) is 5.11. The Morgan fingerprint density at radius 3 is 2.58 bits per heavy atom. The van der Waals surface area contributed by atoms with Crippen molar-refractivity contribution in [1.29, 1.82) is 5.26 Å². The molecule has 0 fully saturated rings. The summed E-state index contributed by atoms with van der Waals surface area (Å²) in [5, 5.41) is 11.1. The molecule has 0 saturated carbocycles. The highest BCUT2D eigenvalue weighted by Gasteiger charge is 2.14. The van der Waals surface area contributed by atoms with Crippen LogP contribution in [0.5, 0.6) is 0 Å². The number of carbonyl (C=O) groups excluding carboxylic acids is 2. The predicted molar refractivity (Wildman–Crippen MR) is 88.1 cm³/mol. The van der Waals surface area contributed by atoms with Crippen LogP contribution in [0.2, 0.25) is 0 Å². The van der Waals surface area contributed by atoms with E-state index in [1.165, 1.54) is 36.0 Å². The first-order valence-corrected chi connectivity index (χ1v) is 7.90. The van der Waals surface area contributed by atoms with Crippen molar-refractivity contribution in [3.05, 3.63) is 59.9 Å². The SMILES string of the molecule is N#CCOC(=O)c1ccccc1SCC(=O)Nc1ccc(F)cc1. The van der Waals surface area contributed by atoms with Crippen LogP contribution >= 0.6 is 11.8 Å². The van der Waals surface area contributed by atoms with Gasteiger partial charge >= 0.3 is 5.97 Å². The molecule has 1 amide bonds. The molecule has 0 bridgehead atoms. The van der Waals surface area contributed by atoms with Crippen LogP contribution in [-0.2, 0) is 9.53 Å². The highest BCUT2D eigenvalue weighted by molar-refractivity contribution is 8.00. The Hall–Kier alpha value is -2.85. The monoisotopic (exact) mass is 344 g/mol. The van der Waals surface area contributed by atoms with E-state index in [0.717, 1.165) is 0 Å². The fraction of sp³-hybridized carbons (Fsp3) is 0.118. The topological polar surface area (TPSA) is 79.2 Å². The molecule has 2 aromatic rings. The predicted octanol–water partition coefficient (Wildman–Crippen LogP) is 3.24. The van der Waals surface area contributed by atoms with Crippen molar-refractivity contribution in [2.45, 2.75) is 4.90 Å². The van der Waals surface area contributed by atoms with Gasteiger partial charge in [-0.1, -0.05) is 12.1 Å². The van der Waals surface area contributed by atoms with Gasteiger partial charge in [-0.2, -0.15) is 5.26 Å². The maximum Gasteiger partial charge on any atom is 0.340 e. The van der Waals surface area contributed by atoms with Crippen molar-refractivity contribution in [1.82, 2.24) is 0 Å². The molecule has 0 unspecified atom stereocenters. The Morgan fingerprint density at radius 2 is 1.88 bits per heavy atom. The Kier molecular flexibility index (Phi) is 6.34. The summed E-state index contributed by atoms with van der Waals surface area (Å²) in [6.45, 7) is -0.330. The number of amides is 1. The lowest BCUT2D eigenvalue weighted by Gasteiger charge is -2.08. The number of ether oxygens (including phenoxy) is 1. The maximum atomic E-state index is 12.8. The van der Waals surface area contributed by atoms with Gasteiger partial charge in [-0.25, -0.2) is 9.18 Å². The fourth-order valence-electron chi connectivity index (χ4n) is 1.81. The molecular formula is C17H13FN2O3S. The summed E-state index contributed by atoms with van der Waals surface area (Å²) in [6.07, 6.45) is 0. The van der Waals surface area contributed by atoms with Gasteiger partial charge in [-0.3, -0.25) is 4.79 Å². The standard InChI is InChI=1S/C17H13FN2O3S/c18-12-5-7-13(8-6-12)20-16(21)11-24-15-4-2-1-3-14(15)17(22)23-10-9-19/h1-8H,10-11H2,(H,20,21). The summed E-state index contributed by atoms with van der Waals surface area (Å²) < 4.78 is 17.6. The zero-order valence-electron chi connectivity index (χ0n) is 12.5. The maximum absolute atomic E-state index is 12.8. The van der Waals surface area contributed by atoms with Crippen LogP contribution in [-0.4, -0.2) is 24.2 Å². The van der Waals surface area contributed by atoms with Crippen LogP contribution in [0.3, 0.4) is 0 Å². The van der Waals surface area contributed by atoms with Crippen LogP contribution in [0.4, 0.5) is 10.1 Å². The van der Waals surface area contributed by atoms with E-state index < -0.39 is 5.97 Å². The van der Waals surface area contributed by atoms with Crippen LogP contribution < -0.4 is 5.32 Å². The van der Waals surface area contributed by atoms with Crippen LogP contribution in [0, 0.1) is 17.1 Å². The molecule has 5 nitrogen and oxygen atoms in total. The molecule has 0 atom stereocenters. The van der Waals surface area contributed by atoms with E-state index in [0.29, 0.717) is 16.1 Å². The van der Waals surface area contributed by atoms with E-state index in [2.05, 4.69) is 5.32 Å². The molecule has 0 heterocycles. The summed E-state index contributed by atoms with van der Waals surface area (Å²) in [5.41, 5.74) is 0.788. The molecule has 0 radical (unpaired) electrons. The first kappa shape index (κ1) is 17.5. The second-order valence-corrected chi connectivity index (χ2v) is 5.59. The summed E-state index contributed by atoms with van der Waals surface area (Å²) in [7, 11) is 0. The van der Waals surface area contributed by atoms with Crippen LogP contribution in [0.25, 0.3) is 0 Å². The minimum Gasteiger partial charge on any atom is -0.447 e. The Morgan fingerprint density at radius 1 is 1.17 bits per heavy atom. The number of esters is 1. The number of halogens is 1. The van der Waals surface area contributed by atoms with Crippen LogP contribution in [0.1, 0.15) is 10.4 Å². The van der Waals surface area contributed by atoms with Gasteiger partial charge in [-0.15, -0.1) is 11.8 Å². The van der Waals surface area contributed by atoms with E-state index in [-0.39, 0.29) is 24.1 Å². The molecule has 0 aliphatic heterocycles. The number of carbonyl (C=O) groups is 2. The molecule has 0 aromatic heterocycles. The molecule has 0 aliphatic carbocycles. The number of hydrogen-bond acceptors (Lipinski definition) is 5. The van der Waals surface area contributed by atoms with Crippen molar-refractivity contribution >= 4 is 29.3 Å². The highest BCUT2D eigenvalue weighted by atomic mass is 32.2. The summed E-state index contributed by atoms with van der Waals surface area (Å²) in [4.78, 5) is 24.4. The zero-order valence-corrected chi connectivity index (χ0v) is 13.3. The number of rotatable bonds is 6. The molecule has 2 rings (SSSR count). The van der Waals surface area contributed by atoms with E-state index in [9.17, 15) is 14.0 Å². The third-order valence-electron chi connectivity index (χ3n) is 2.86. The first-order valence-electron chi connectivity index (χ1n) is 6.91. The van der Waals surface area contributed by atoms with Gasteiger partial charge in [0.1, 0.15) is 11.9 Å². The van der Waals surface area contributed by atoms with Gasteiger partial charge in [0, 0.05) is 10.6 Å². The normalized spacial score (nSPS) is 9.83. The molecule has 2 aromatic carbocycles. The van der Waals surface area contributed by atoms with Crippen molar-refractivity contribution in [2.24, 2.45) is 0 Å². The molecule has 122 valence electrons. The third-order valence-corrected chi connectivity index (χ3v) is 3.94. The number of nitrogens with one attached hydrogen (secondary N) is 1. The number of hydrogen-bond donors (Lipinski definition) is 1. The van der Waals surface area contributed by atoms with Crippen molar-refractivity contribution < 1.29 is 18.7 Å². The lowest BCUT2D eigenvalue weighted by atomic mass is 10.2. The van der Waals surface area contributed by atoms with Crippen molar-refractivity contribution in [2.75, 3.05) is 17.7 Å². The largest absolute Gasteiger partial charge is 0.447 e. The van der Waals surface area contributed by atoms with Gasteiger partial charge in [0.2, 0.25) is 5.91 Å². The van der Waals surface area contributed by atoms with Crippen LogP contribution in [0.15, 0.2) is 53.4 Å². The highest BCUT2D eigenvalue weighted by Crippen LogP contribution is 2.23. The first-order chi connectivity index (χ1) is 11.6. The van der Waals surface area contributed by atoms with Crippen molar-refractivity contribution in [3.8, 4) is 6.07 Å². The molecule has 7 heteroatoms. The van der Waals surface area contributed by atoms with Gasteiger partial charge < -0.3 is 10.1 Å². The number of nitrogens with zero attached hydrogens (tertiary/aromatic N) is 1. The molecule has 0 saturated heterocycles. The van der Waals surface area contributed by atoms with E-state index >= 15 is 0 Å². The fourth-order valence-corrected chi connectivity index (χ4v) is 2.65. The van der Waals surface area contributed by atoms with E-state index in [1.807, 2.05) is 0 Å². The van der Waals surface area contributed by atoms with Gasteiger partial charge in [0.05, 0.1) is 11.3 Å². The molecule has 24 heavy (non-hydrogen) atoms. The second kappa shape index (κ2) is 8.70. The zero-order chi connectivity index (χ0) is 17.4. The number of benzene rings is 2. The van der Waals surface area contributed by atoms with Crippen molar-refractivity contribution in [3.63, 3.8) is 0 Å². The Balaban J connectivity index is 1.96. The molecule has 0 spiro atoms. The lowest BCUT2D eigenvalue weighted by molar-refractivity contribution is -0.113. The molecule has 1 N–H and O–H groups in total. The average Bonchev–Trinajstić information content (AvgIpc) is 2.60. The van der Waals surface area contributed by atoms with E-state index in [1.54, 1.807) is 30.3 Å². The van der Waals surface area contributed by atoms with Gasteiger partial charge in [-0.05, 0) is 36.4 Å². The Bertz CT molecular complexity index is 772. The minimum atomic E-state index is -0.612. The minimum absolute atomic E-state index is 0.0694. The average molecular weight is 344 g/mol. The quantitative estimate of drug-likeness (QED) is 0.643. The summed E-state index contributed by atoms with van der Waals surface area (Å²) >= 11 is 1.17. The lowest BCUT2D eigenvalue weighted by Crippen LogP contribution is -2.14. The number of anilines is 1. The van der Waals surface area contributed by atoms with Gasteiger partial charge in [0.25, 0.3) is 0 Å². The number of thioether (sulfide) groups is 1. The smallest absolute Gasteiger partial charge is 0.340 e. The number of nitriles is 1. The molecule has 0 aliphatic rings.